The number of piperidine rings is 1. The summed E-state index contributed by atoms with van der Waals surface area (Å²) in [6.45, 7) is 3.15. The van der Waals surface area contributed by atoms with Gasteiger partial charge in [0.1, 0.15) is 0 Å². The molecule has 6 heteroatoms. The highest BCUT2D eigenvalue weighted by Crippen LogP contribution is 2.18. The standard InChI is InChI=1S/C14H22ClN3OS/c1-16-14(19)11-4-7-18(8-5-11)6-2-3-13-17-12(9-15)10-20-13/h10-11H,2-9H2,1H3,(H,16,19). The van der Waals surface area contributed by atoms with Crippen LogP contribution in [-0.4, -0.2) is 42.5 Å². The van der Waals surface area contributed by atoms with E-state index in [1.165, 1.54) is 5.01 Å². The first-order valence-corrected chi connectivity index (χ1v) is 8.57. The second kappa shape index (κ2) is 7.96. The number of hydrogen-bond acceptors (Lipinski definition) is 4. The average molecular weight is 316 g/mol. The first-order chi connectivity index (χ1) is 9.72. The number of thiazole rings is 1. The van der Waals surface area contributed by atoms with E-state index in [2.05, 4.69) is 15.2 Å². The molecule has 0 radical (unpaired) electrons. The van der Waals surface area contributed by atoms with E-state index in [4.69, 9.17) is 11.6 Å². The number of likely N-dealkylation sites (tertiary alicyclic amines) is 1. The summed E-state index contributed by atoms with van der Waals surface area (Å²) in [6.07, 6.45) is 4.11. The minimum atomic E-state index is 0.195. The Kier molecular flexibility index (Phi) is 6.26. The summed E-state index contributed by atoms with van der Waals surface area (Å²) in [4.78, 5) is 18.5. The first kappa shape index (κ1) is 15.7. The Balaban J connectivity index is 1.65. The summed E-state index contributed by atoms with van der Waals surface area (Å²) in [5, 5.41) is 5.97. The van der Waals surface area contributed by atoms with Crippen molar-refractivity contribution in [2.75, 3.05) is 26.7 Å². The third-order valence-corrected chi connectivity index (χ3v) is 5.04. The molecule has 2 rings (SSSR count). The lowest BCUT2D eigenvalue weighted by molar-refractivity contribution is -0.125. The highest BCUT2D eigenvalue weighted by molar-refractivity contribution is 7.09. The molecule has 1 N–H and O–H groups in total. The van der Waals surface area contributed by atoms with Crippen LogP contribution in [0, 0.1) is 5.92 Å². The van der Waals surface area contributed by atoms with Crippen LogP contribution in [-0.2, 0) is 17.1 Å². The Morgan fingerprint density at radius 2 is 2.30 bits per heavy atom. The van der Waals surface area contributed by atoms with E-state index in [0.717, 1.165) is 51.0 Å². The van der Waals surface area contributed by atoms with Crippen molar-refractivity contribution in [2.24, 2.45) is 5.92 Å². The summed E-state index contributed by atoms with van der Waals surface area (Å²) in [5.74, 6) is 0.909. The molecule has 0 bridgehead atoms. The van der Waals surface area contributed by atoms with Gasteiger partial charge >= 0.3 is 0 Å². The molecule has 0 saturated carbocycles. The zero-order valence-corrected chi connectivity index (χ0v) is 13.5. The molecule has 20 heavy (non-hydrogen) atoms. The lowest BCUT2D eigenvalue weighted by Crippen LogP contribution is -2.39. The van der Waals surface area contributed by atoms with Gasteiger partial charge in [0.15, 0.2) is 0 Å². The zero-order valence-electron chi connectivity index (χ0n) is 11.9. The van der Waals surface area contributed by atoms with Crippen molar-refractivity contribution >= 4 is 28.8 Å². The second-order valence-electron chi connectivity index (χ2n) is 5.20. The molecular formula is C14H22ClN3OS. The Morgan fingerprint density at radius 3 is 2.90 bits per heavy atom. The molecule has 1 aromatic heterocycles. The van der Waals surface area contributed by atoms with Gasteiger partial charge < -0.3 is 10.2 Å². The summed E-state index contributed by atoms with van der Waals surface area (Å²) >= 11 is 7.45. The quantitative estimate of drug-likeness (QED) is 0.819. The maximum atomic E-state index is 11.6. The van der Waals surface area contributed by atoms with Gasteiger partial charge in [0.2, 0.25) is 5.91 Å². The molecular weight excluding hydrogens is 294 g/mol. The number of hydrogen-bond donors (Lipinski definition) is 1. The largest absolute Gasteiger partial charge is 0.359 e. The fourth-order valence-corrected chi connectivity index (χ4v) is 3.67. The van der Waals surface area contributed by atoms with Crippen molar-refractivity contribution < 1.29 is 4.79 Å². The normalized spacial score (nSPS) is 17.3. The van der Waals surface area contributed by atoms with Crippen LogP contribution in [0.3, 0.4) is 0 Å². The average Bonchev–Trinajstić information content (AvgIpc) is 2.95. The van der Waals surface area contributed by atoms with Gasteiger partial charge in [0.25, 0.3) is 0 Å². The minimum Gasteiger partial charge on any atom is -0.359 e. The van der Waals surface area contributed by atoms with Crippen molar-refractivity contribution in [1.29, 1.82) is 0 Å². The van der Waals surface area contributed by atoms with Gasteiger partial charge in [0, 0.05) is 24.8 Å². The molecule has 2 heterocycles. The van der Waals surface area contributed by atoms with Crippen molar-refractivity contribution in [3.63, 3.8) is 0 Å². The van der Waals surface area contributed by atoms with Crippen molar-refractivity contribution in [3.05, 3.63) is 16.1 Å². The summed E-state index contributed by atoms with van der Waals surface area (Å²) in [7, 11) is 1.72. The van der Waals surface area contributed by atoms with Crippen LogP contribution >= 0.6 is 22.9 Å². The number of rotatable bonds is 6. The van der Waals surface area contributed by atoms with Crippen LogP contribution in [0.5, 0.6) is 0 Å². The van der Waals surface area contributed by atoms with Crippen LogP contribution in [0.1, 0.15) is 30.0 Å². The van der Waals surface area contributed by atoms with Crippen molar-refractivity contribution in [2.45, 2.75) is 31.6 Å². The van der Waals surface area contributed by atoms with Gasteiger partial charge in [-0.05, 0) is 38.9 Å². The van der Waals surface area contributed by atoms with Gasteiger partial charge in [-0.1, -0.05) is 0 Å². The summed E-state index contributed by atoms with van der Waals surface area (Å²) in [6, 6.07) is 0. The number of aryl methyl sites for hydroxylation is 1. The van der Waals surface area contributed by atoms with Crippen molar-refractivity contribution in [1.82, 2.24) is 15.2 Å². The Bertz CT molecular complexity index is 430. The molecule has 112 valence electrons. The molecule has 0 aliphatic carbocycles. The number of nitrogens with one attached hydrogen (secondary N) is 1. The molecule has 0 atom stereocenters. The van der Waals surface area contributed by atoms with E-state index in [0.29, 0.717) is 5.88 Å². The van der Waals surface area contributed by atoms with E-state index in [9.17, 15) is 4.79 Å². The molecule has 1 aromatic rings. The topological polar surface area (TPSA) is 45.2 Å². The number of carbonyl (C=O) groups is 1. The van der Waals surface area contributed by atoms with Gasteiger partial charge in [-0.2, -0.15) is 0 Å². The number of nitrogens with zero attached hydrogens (tertiary/aromatic N) is 2. The zero-order chi connectivity index (χ0) is 14.4. The molecule has 1 aliphatic rings. The third-order valence-electron chi connectivity index (χ3n) is 3.81. The Morgan fingerprint density at radius 1 is 1.55 bits per heavy atom. The fourth-order valence-electron chi connectivity index (χ4n) is 2.60. The molecule has 1 aliphatic heterocycles. The maximum Gasteiger partial charge on any atom is 0.222 e. The molecule has 1 fully saturated rings. The smallest absolute Gasteiger partial charge is 0.222 e. The molecule has 0 unspecified atom stereocenters. The summed E-state index contributed by atoms with van der Waals surface area (Å²) in [5.41, 5.74) is 0.984. The fraction of sp³-hybridized carbons (Fsp3) is 0.714. The maximum absolute atomic E-state index is 11.6. The molecule has 4 nitrogen and oxygen atoms in total. The highest BCUT2D eigenvalue weighted by Gasteiger charge is 2.23. The van der Waals surface area contributed by atoms with E-state index >= 15 is 0 Å². The lowest BCUT2D eigenvalue weighted by Gasteiger charge is -2.30. The highest BCUT2D eigenvalue weighted by atomic mass is 35.5. The van der Waals surface area contributed by atoms with Crippen LogP contribution in [0.4, 0.5) is 0 Å². The van der Waals surface area contributed by atoms with Gasteiger partial charge in [0.05, 0.1) is 16.6 Å². The number of amides is 1. The summed E-state index contributed by atoms with van der Waals surface area (Å²) < 4.78 is 0. The van der Waals surface area contributed by atoms with E-state index in [1.54, 1.807) is 18.4 Å². The van der Waals surface area contributed by atoms with E-state index < -0.39 is 0 Å². The predicted molar refractivity (Wildman–Crippen MR) is 83.2 cm³/mol. The predicted octanol–water partition coefficient (Wildman–Crippen LogP) is 2.27. The van der Waals surface area contributed by atoms with Crippen LogP contribution < -0.4 is 5.32 Å². The van der Waals surface area contributed by atoms with Crippen molar-refractivity contribution in [3.8, 4) is 0 Å². The van der Waals surface area contributed by atoms with Gasteiger partial charge in [-0.15, -0.1) is 22.9 Å². The first-order valence-electron chi connectivity index (χ1n) is 7.16. The molecule has 1 amide bonds. The number of alkyl halides is 1. The van der Waals surface area contributed by atoms with Gasteiger partial charge in [-0.25, -0.2) is 4.98 Å². The molecule has 1 saturated heterocycles. The number of aromatic nitrogens is 1. The monoisotopic (exact) mass is 315 g/mol. The van der Waals surface area contributed by atoms with Crippen LogP contribution in [0.2, 0.25) is 0 Å². The minimum absolute atomic E-state index is 0.195. The van der Waals surface area contributed by atoms with Gasteiger partial charge in [-0.3, -0.25) is 4.79 Å². The van der Waals surface area contributed by atoms with E-state index in [-0.39, 0.29) is 11.8 Å². The van der Waals surface area contributed by atoms with E-state index in [1.807, 2.05) is 5.38 Å². The van der Waals surface area contributed by atoms with Crippen LogP contribution in [0.15, 0.2) is 5.38 Å². The molecule has 0 spiro atoms. The number of halogens is 1. The SMILES string of the molecule is CNC(=O)C1CCN(CCCc2nc(CCl)cs2)CC1. The lowest BCUT2D eigenvalue weighted by atomic mass is 9.96. The second-order valence-corrected chi connectivity index (χ2v) is 6.41. The third kappa shape index (κ3) is 4.43. The Labute approximate surface area is 129 Å². The molecule has 0 aromatic carbocycles. The van der Waals surface area contributed by atoms with Crippen LogP contribution in [0.25, 0.3) is 0 Å². The Hall–Kier alpha value is -0.650. The number of carbonyl (C=O) groups excluding carboxylic acids is 1.